The number of halogens is 1. The Morgan fingerprint density at radius 3 is 2.78 bits per heavy atom. The number of rotatable bonds is 3. The Morgan fingerprint density at radius 2 is 2.22 bits per heavy atom. The van der Waals surface area contributed by atoms with Gasteiger partial charge in [-0.25, -0.2) is 0 Å². The van der Waals surface area contributed by atoms with Crippen LogP contribution in [0.3, 0.4) is 0 Å². The largest absolute Gasteiger partial charge is 0.301 e. The molecule has 0 N–H and O–H groups in total. The predicted molar refractivity (Wildman–Crippen MR) is 70.2 cm³/mol. The highest BCUT2D eigenvalue weighted by Crippen LogP contribution is 2.38. The summed E-state index contributed by atoms with van der Waals surface area (Å²) in [4.78, 5) is 11.1. The Kier molecular flexibility index (Phi) is 3.58. The van der Waals surface area contributed by atoms with Gasteiger partial charge < -0.3 is 0 Å². The van der Waals surface area contributed by atoms with Gasteiger partial charge in [0.15, 0.2) is 0 Å². The van der Waals surface area contributed by atoms with Crippen molar-refractivity contribution < 1.29 is 4.92 Å². The number of aryl methyl sites for hydroxylation is 2. The van der Waals surface area contributed by atoms with Crippen LogP contribution in [0.4, 0.5) is 5.69 Å². The molecule has 0 aliphatic rings. The molecule has 0 unspecified atom stereocenters. The van der Waals surface area contributed by atoms with E-state index in [0.29, 0.717) is 4.90 Å². The standard InChI is InChI=1S/C11H10ClN3O2S/c1-7-6-10(14(2)13-7)18-9-5-3-4-8(12)11(9)15(16)17/h3-6H,1-2H3. The molecule has 0 amide bonds. The van der Waals surface area contributed by atoms with Gasteiger partial charge in [-0.15, -0.1) is 0 Å². The van der Waals surface area contributed by atoms with Crippen molar-refractivity contribution in [3.63, 3.8) is 0 Å². The summed E-state index contributed by atoms with van der Waals surface area (Å²) in [6, 6.07) is 6.76. The van der Waals surface area contributed by atoms with Gasteiger partial charge >= 0.3 is 5.69 Å². The third-order valence-electron chi connectivity index (χ3n) is 2.31. The van der Waals surface area contributed by atoms with Gasteiger partial charge in [0.1, 0.15) is 5.02 Å². The second-order valence-corrected chi connectivity index (χ2v) is 5.16. The van der Waals surface area contributed by atoms with Crippen molar-refractivity contribution in [1.82, 2.24) is 9.78 Å². The van der Waals surface area contributed by atoms with Crippen LogP contribution >= 0.6 is 23.4 Å². The van der Waals surface area contributed by atoms with Crippen LogP contribution in [0.2, 0.25) is 5.02 Å². The molecule has 1 aromatic carbocycles. The summed E-state index contributed by atoms with van der Waals surface area (Å²) >= 11 is 7.14. The molecule has 1 aromatic heterocycles. The lowest BCUT2D eigenvalue weighted by Crippen LogP contribution is -1.95. The van der Waals surface area contributed by atoms with E-state index < -0.39 is 4.92 Å². The second-order valence-electron chi connectivity index (χ2n) is 3.69. The molecule has 0 aliphatic carbocycles. The highest BCUT2D eigenvalue weighted by atomic mass is 35.5. The molecule has 0 radical (unpaired) electrons. The maximum Gasteiger partial charge on any atom is 0.301 e. The molecule has 2 aromatic rings. The SMILES string of the molecule is Cc1cc(Sc2cccc(Cl)c2[N+](=O)[O-])n(C)n1. The fourth-order valence-corrected chi connectivity index (χ4v) is 2.91. The third-order valence-corrected chi connectivity index (χ3v) is 3.75. The summed E-state index contributed by atoms with van der Waals surface area (Å²) in [5.41, 5.74) is 0.799. The van der Waals surface area contributed by atoms with E-state index in [1.165, 1.54) is 17.8 Å². The maximum absolute atomic E-state index is 11.0. The first-order valence-corrected chi connectivity index (χ1v) is 6.30. The number of benzene rings is 1. The Hall–Kier alpha value is -1.53. The van der Waals surface area contributed by atoms with Gasteiger partial charge in [-0.2, -0.15) is 5.10 Å². The summed E-state index contributed by atoms with van der Waals surface area (Å²) in [6.45, 7) is 1.87. The van der Waals surface area contributed by atoms with E-state index in [-0.39, 0.29) is 10.7 Å². The lowest BCUT2D eigenvalue weighted by atomic mass is 10.3. The van der Waals surface area contributed by atoms with Crippen LogP contribution in [-0.4, -0.2) is 14.7 Å². The molecule has 0 bridgehead atoms. The van der Waals surface area contributed by atoms with Gasteiger partial charge in [-0.05, 0) is 25.1 Å². The number of para-hydroxylation sites is 1. The number of nitro benzene ring substituents is 1. The first-order chi connectivity index (χ1) is 8.49. The average Bonchev–Trinajstić information content (AvgIpc) is 2.57. The molecule has 1 heterocycles. The van der Waals surface area contributed by atoms with Crippen LogP contribution in [0.1, 0.15) is 5.69 Å². The average molecular weight is 284 g/mol. The van der Waals surface area contributed by atoms with Crippen LogP contribution in [0.5, 0.6) is 0 Å². The molecule has 0 fully saturated rings. The molecule has 5 nitrogen and oxygen atoms in total. The third kappa shape index (κ3) is 2.49. The van der Waals surface area contributed by atoms with Crippen molar-refractivity contribution in [2.45, 2.75) is 16.8 Å². The molecule has 7 heteroatoms. The molecule has 0 saturated carbocycles. The van der Waals surface area contributed by atoms with E-state index in [4.69, 9.17) is 11.6 Å². The summed E-state index contributed by atoms with van der Waals surface area (Å²) in [5.74, 6) is 0. The first-order valence-electron chi connectivity index (χ1n) is 5.10. The van der Waals surface area contributed by atoms with E-state index >= 15 is 0 Å². The molecule has 0 saturated heterocycles. The minimum absolute atomic E-state index is 0.0666. The van der Waals surface area contributed by atoms with Gasteiger partial charge in [0, 0.05) is 7.05 Å². The monoisotopic (exact) mass is 283 g/mol. The van der Waals surface area contributed by atoms with E-state index in [0.717, 1.165) is 10.7 Å². The predicted octanol–water partition coefficient (Wildman–Crippen LogP) is 3.44. The van der Waals surface area contributed by atoms with Gasteiger partial charge in [-0.3, -0.25) is 14.8 Å². The van der Waals surface area contributed by atoms with Crippen molar-refractivity contribution in [2.75, 3.05) is 0 Å². The zero-order valence-corrected chi connectivity index (χ0v) is 11.3. The first kappa shape index (κ1) is 12.9. The normalized spacial score (nSPS) is 10.6. The van der Waals surface area contributed by atoms with E-state index in [2.05, 4.69) is 5.10 Å². The Labute approximate surface area is 113 Å². The van der Waals surface area contributed by atoms with E-state index in [1.807, 2.05) is 13.0 Å². The summed E-state index contributed by atoms with van der Waals surface area (Å²) in [5, 5.41) is 16.2. The lowest BCUT2D eigenvalue weighted by Gasteiger charge is -2.04. The zero-order chi connectivity index (χ0) is 13.3. The number of nitro groups is 1. The Balaban J connectivity index is 2.43. The second kappa shape index (κ2) is 4.99. The highest BCUT2D eigenvalue weighted by Gasteiger charge is 2.20. The fourth-order valence-electron chi connectivity index (χ4n) is 1.55. The van der Waals surface area contributed by atoms with Gasteiger partial charge in [-0.1, -0.05) is 29.4 Å². The molecule has 18 heavy (non-hydrogen) atoms. The van der Waals surface area contributed by atoms with Crippen molar-refractivity contribution >= 4 is 29.1 Å². The molecule has 2 rings (SSSR count). The fraction of sp³-hybridized carbons (Fsp3) is 0.182. The Bertz CT molecular complexity index is 612. The van der Waals surface area contributed by atoms with Crippen LogP contribution < -0.4 is 0 Å². The summed E-state index contributed by atoms with van der Waals surface area (Å²) in [6.07, 6.45) is 0. The minimum atomic E-state index is -0.464. The molecule has 0 aliphatic heterocycles. The molecule has 94 valence electrons. The topological polar surface area (TPSA) is 61.0 Å². The molecule has 0 atom stereocenters. The van der Waals surface area contributed by atoms with Gasteiger partial charge in [0.25, 0.3) is 0 Å². The highest BCUT2D eigenvalue weighted by molar-refractivity contribution is 7.99. The van der Waals surface area contributed by atoms with Crippen molar-refractivity contribution in [2.24, 2.45) is 7.05 Å². The van der Waals surface area contributed by atoms with Crippen LogP contribution in [0.25, 0.3) is 0 Å². The molecular formula is C11H10ClN3O2S. The lowest BCUT2D eigenvalue weighted by molar-refractivity contribution is -0.387. The molecular weight excluding hydrogens is 274 g/mol. The van der Waals surface area contributed by atoms with Crippen molar-refractivity contribution in [3.8, 4) is 0 Å². The minimum Gasteiger partial charge on any atom is -0.262 e. The number of hydrogen-bond acceptors (Lipinski definition) is 4. The van der Waals surface area contributed by atoms with Crippen LogP contribution in [0, 0.1) is 17.0 Å². The maximum atomic E-state index is 11.0. The Morgan fingerprint density at radius 1 is 1.50 bits per heavy atom. The van der Waals surface area contributed by atoms with E-state index in [1.54, 1.807) is 23.9 Å². The smallest absolute Gasteiger partial charge is 0.262 e. The quantitative estimate of drug-likeness (QED) is 0.639. The summed E-state index contributed by atoms with van der Waals surface area (Å²) in [7, 11) is 1.80. The van der Waals surface area contributed by atoms with Gasteiger partial charge in [0.2, 0.25) is 0 Å². The number of nitrogens with zero attached hydrogens (tertiary/aromatic N) is 3. The molecule has 0 spiro atoms. The number of hydrogen-bond donors (Lipinski definition) is 0. The van der Waals surface area contributed by atoms with Crippen molar-refractivity contribution in [3.05, 3.63) is 45.1 Å². The number of aromatic nitrogens is 2. The van der Waals surface area contributed by atoms with Crippen LogP contribution in [0.15, 0.2) is 34.2 Å². The van der Waals surface area contributed by atoms with Crippen molar-refractivity contribution in [1.29, 1.82) is 0 Å². The zero-order valence-electron chi connectivity index (χ0n) is 9.75. The van der Waals surface area contributed by atoms with Gasteiger partial charge in [0.05, 0.1) is 20.5 Å². The summed E-state index contributed by atoms with van der Waals surface area (Å²) < 4.78 is 1.69. The van der Waals surface area contributed by atoms with E-state index in [9.17, 15) is 10.1 Å². The van der Waals surface area contributed by atoms with Crippen LogP contribution in [-0.2, 0) is 7.05 Å².